The zero-order chi connectivity index (χ0) is 23.5. The molecule has 17 heteroatoms. The van der Waals surface area contributed by atoms with E-state index in [4.69, 9.17) is 4.55 Å². The van der Waals surface area contributed by atoms with Gasteiger partial charge in [-0.2, -0.15) is 43.5 Å². The summed E-state index contributed by atoms with van der Waals surface area (Å²) in [5.41, 5.74) is -0.783. The first-order valence-corrected chi connectivity index (χ1v) is 8.40. The van der Waals surface area contributed by atoms with E-state index in [1.165, 1.54) is 0 Å². The smallest absolute Gasteiger partial charge is 0.412 e. The molecule has 2 N–H and O–H groups in total. The highest BCUT2D eigenvalue weighted by Crippen LogP contribution is 2.37. The summed E-state index contributed by atoms with van der Waals surface area (Å²) >= 11 is 0. The van der Waals surface area contributed by atoms with E-state index >= 15 is 0 Å². The molecule has 0 aliphatic carbocycles. The molecule has 170 valence electrons. The van der Waals surface area contributed by atoms with Crippen LogP contribution in [0, 0.1) is 0 Å². The molecule has 0 spiro atoms. The van der Waals surface area contributed by atoms with Crippen molar-refractivity contribution in [2.45, 2.75) is 36.7 Å². The van der Waals surface area contributed by atoms with Gasteiger partial charge in [-0.15, -0.1) is 0 Å². The minimum absolute atomic E-state index is 0.721. The van der Waals surface area contributed by atoms with Crippen molar-refractivity contribution in [3.63, 3.8) is 0 Å². The van der Waals surface area contributed by atoms with Gasteiger partial charge in [0.1, 0.15) is 6.54 Å². The number of esters is 1. The zero-order valence-electron chi connectivity index (χ0n) is 14.2. The largest absolute Gasteiger partial charge is 0.466 e. The van der Waals surface area contributed by atoms with Gasteiger partial charge in [0.25, 0.3) is 0 Å². The molecule has 0 fully saturated rings. The van der Waals surface area contributed by atoms with Crippen molar-refractivity contribution in [2.24, 2.45) is 0 Å². The van der Waals surface area contributed by atoms with Gasteiger partial charge in [0, 0.05) is 5.57 Å². The first-order valence-electron chi connectivity index (χ1n) is 6.96. The first-order chi connectivity index (χ1) is 12.7. The van der Waals surface area contributed by atoms with E-state index in [1.807, 2.05) is 0 Å². The van der Waals surface area contributed by atoms with Crippen molar-refractivity contribution in [3.8, 4) is 0 Å². The lowest BCUT2D eigenvalue weighted by Gasteiger charge is -2.33. The number of hydrogen-bond donors (Lipinski definition) is 2. The molecule has 0 aliphatic rings. The Bertz CT molecular complexity index is 746. The standard InChI is InChI=1S/C12H13F8NO7S/c1-6(2)7(22)28-11(12(18,19)20,8(23)21-5-9(13,14)15)27-4-3-10(16,17)29(24,25)26/h1,3-5H2,2H3,(H,21,23)(H,24,25,26). The summed E-state index contributed by atoms with van der Waals surface area (Å²) in [4.78, 5) is 23.2. The van der Waals surface area contributed by atoms with Crippen molar-refractivity contribution < 1.29 is 67.2 Å². The molecule has 0 bridgehead atoms. The van der Waals surface area contributed by atoms with Crippen LogP contribution in [0.1, 0.15) is 13.3 Å². The Balaban J connectivity index is 5.95. The van der Waals surface area contributed by atoms with Crippen LogP contribution in [0.3, 0.4) is 0 Å². The average molecular weight is 467 g/mol. The third kappa shape index (κ3) is 7.39. The Morgan fingerprint density at radius 1 is 1.07 bits per heavy atom. The molecule has 0 aromatic heterocycles. The molecule has 0 aromatic rings. The van der Waals surface area contributed by atoms with E-state index < -0.39 is 70.5 Å². The van der Waals surface area contributed by atoms with E-state index in [9.17, 15) is 53.1 Å². The predicted octanol–water partition coefficient (Wildman–Crippen LogP) is 1.93. The van der Waals surface area contributed by atoms with Gasteiger partial charge >= 0.3 is 45.4 Å². The number of rotatable bonds is 9. The Morgan fingerprint density at radius 2 is 1.55 bits per heavy atom. The van der Waals surface area contributed by atoms with Crippen LogP contribution in [-0.4, -0.2) is 61.4 Å². The van der Waals surface area contributed by atoms with Crippen LogP contribution in [0.25, 0.3) is 0 Å². The second kappa shape index (κ2) is 8.78. The van der Waals surface area contributed by atoms with Crippen molar-refractivity contribution in [1.29, 1.82) is 0 Å². The van der Waals surface area contributed by atoms with E-state index in [0.717, 1.165) is 12.2 Å². The number of alkyl halides is 8. The van der Waals surface area contributed by atoms with E-state index in [2.05, 4.69) is 16.1 Å². The molecular weight excluding hydrogens is 454 g/mol. The summed E-state index contributed by atoms with van der Waals surface area (Å²) in [5.74, 6) is -9.60. The number of ether oxygens (including phenoxy) is 2. The minimum atomic E-state index is -6.11. The Morgan fingerprint density at radius 3 is 1.90 bits per heavy atom. The lowest BCUT2D eigenvalue weighted by atomic mass is 10.2. The van der Waals surface area contributed by atoms with E-state index in [0.29, 0.717) is 0 Å². The quantitative estimate of drug-likeness (QED) is 0.175. The van der Waals surface area contributed by atoms with Crippen molar-refractivity contribution in [3.05, 3.63) is 12.2 Å². The monoisotopic (exact) mass is 467 g/mol. The average Bonchev–Trinajstić information content (AvgIpc) is 2.47. The van der Waals surface area contributed by atoms with Crippen LogP contribution in [0.4, 0.5) is 35.1 Å². The third-order valence-electron chi connectivity index (χ3n) is 2.78. The minimum Gasteiger partial charge on any atom is -0.412 e. The molecule has 1 unspecified atom stereocenters. The highest BCUT2D eigenvalue weighted by Gasteiger charge is 2.67. The maximum Gasteiger partial charge on any atom is 0.466 e. The Kier molecular flexibility index (Phi) is 8.17. The van der Waals surface area contributed by atoms with Crippen LogP contribution in [0.2, 0.25) is 0 Å². The topological polar surface area (TPSA) is 119 Å². The molecule has 8 nitrogen and oxygen atoms in total. The van der Waals surface area contributed by atoms with Crippen LogP contribution in [0.5, 0.6) is 0 Å². The molecule has 0 aliphatic heterocycles. The van der Waals surface area contributed by atoms with Crippen molar-refractivity contribution in [2.75, 3.05) is 13.2 Å². The molecule has 0 saturated heterocycles. The van der Waals surface area contributed by atoms with Gasteiger partial charge in [0.05, 0.1) is 13.0 Å². The zero-order valence-corrected chi connectivity index (χ0v) is 15.0. The highest BCUT2D eigenvalue weighted by atomic mass is 32.2. The second-order valence-corrected chi connectivity index (χ2v) is 6.84. The highest BCUT2D eigenvalue weighted by molar-refractivity contribution is 7.86. The number of carbonyl (C=O) groups is 2. The normalized spacial score (nSPS) is 15.4. The lowest BCUT2D eigenvalue weighted by molar-refractivity contribution is -0.348. The summed E-state index contributed by atoms with van der Waals surface area (Å²) in [5, 5.41) is -4.33. The fourth-order valence-corrected chi connectivity index (χ4v) is 1.71. The van der Waals surface area contributed by atoms with Gasteiger partial charge < -0.3 is 14.8 Å². The number of halogens is 8. The van der Waals surface area contributed by atoms with E-state index in [1.54, 1.807) is 0 Å². The number of nitrogens with one attached hydrogen (secondary N) is 1. The molecule has 0 heterocycles. The SMILES string of the molecule is C=C(C)C(=O)OC(OCCC(F)(F)S(=O)(=O)O)(C(=O)NCC(F)(F)F)C(F)(F)F. The van der Waals surface area contributed by atoms with Crippen LogP contribution in [-0.2, 0) is 29.2 Å². The van der Waals surface area contributed by atoms with Gasteiger partial charge in [-0.25, -0.2) is 4.79 Å². The molecule has 0 radical (unpaired) electrons. The summed E-state index contributed by atoms with van der Waals surface area (Å²) in [7, 11) is -6.11. The van der Waals surface area contributed by atoms with Gasteiger partial charge in [0.15, 0.2) is 0 Å². The molecule has 0 aromatic carbocycles. The molecule has 1 atom stereocenters. The summed E-state index contributed by atoms with van der Waals surface area (Å²) < 4.78 is 140. The molecule has 0 saturated carbocycles. The third-order valence-corrected chi connectivity index (χ3v) is 3.74. The number of hydrogen-bond acceptors (Lipinski definition) is 6. The van der Waals surface area contributed by atoms with Crippen LogP contribution < -0.4 is 5.32 Å². The number of amides is 1. The van der Waals surface area contributed by atoms with Crippen LogP contribution in [0.15, 0.2) is 12.2 Å². The summed E-state index contributed by atoms with van der Waals surface area (Å²) in [6.07, 6.45) is -13.5. The van der Waals surface area contributed by atoms with E-state index in [-0.39, 0.29) is 0 Å². The first kappa shape index (κ1) is 27.0. The molecular formula is C12H13F8NO7S. The molecule has 29 heavy (non-hydrogen) atoms. The summed E-state index contributed by atoms with van der Waals surface area (Å²) in [6, 6.07) is 0. The van der Waals surface area contributed by atoms with Crippen molar-refractivity contribution >= 4 is 22.0 Å². The Labute approximate surface area is 157 Å². The second-order valence-electron chi connectivity index (χ2n) is 5.29. The predicted molar refractivity (Wildman–Crippen MR) is 75.8 cm³/mol. The van der Waals surface area contributed by atoms with Gasteiger partial charge in [-0.1, -0.05) is 6.58 Å². The lowest BCUT2D eigenvalue weighted by Crippen LogP contribution is -2.62. The van der Waals surface area contributed by atoms with Crippen LogP contribution >= 0.6 is 0 Å². The fourth-order valence-electron chi connectivity index (χ4n) is 1.37. The fraction of sp³-hybridized carbons (Fsp3) is 0.667. The van der Waals surface area contributed by atoms with Gasteiger partial charge in [0.2, 0.25) is 0 Å². The maximum absolute atomic E-state index is 13.4. The maximum atomic E-state index is 13.4. The molecule has 0 rings (SSSR count). The van der Waals surface area contributed by atoms with Crippen molar-refractivity contribution in [1.82, 2.24) is 5.32 Å². The summed E-state index contributed by atoms with van der Waals surface area (Å²) in [6.45, 7) is -0.696. The Hall–Kier alpha value is -2.01. The number of carbonyl (C=O) groups excluding carboxylic acids is 2. The molecule has 1 amide bonds. The van der Waals surface area contributed by atoms with Gasteiger partial charge in [-0.3, -0.25) is 9.35 Å². The van der Waals surface area contributed by atoms with Gasteiger partial charge in [-0.05, 0) is 6.92 Å².